The van der Waals surface area contributed by atoms with E-state index in [1.54, 1.807) is 30.5 Å². The molecule has 146 valence electrons. The largest absolute Gasteiger partial charge is 0.369 e. The Labute approximate surface area is 173 Å². The lowest BCUT2D eigenvalue weighted by molar-refractivity contribution is -0.121. The summed E-state index contributed by atoms with van der Waals surface area (Å²) < 4.78 is 1.94. The SMILES string of the molecule is C=CCN1C(=O)C(=Cc2c(NCCCCC)nc3ccccn3c2=O)SC1=S. The van der Waals surface area contributed by atoms with Gasteiger partial charge in [-0.25, -0.2) is 4.98 Å². The Balaban J connectivity index is 2.04. The maximum absolute atomic E-state index is 13.1. The number of thioether (sulfide) groups is 1. The van der Waals surface area contributed by atoms with E-state index < -0.39 is 0 Å². The minimum absolute atomic E-state index is 0.218. The zero-order valence-corrected chi connectivity index (χ0v) is 17.3. The number of anilines is 1. The number of nitrogens with one attached hydrogen (secondary N) is 1. The summed E-state index contributed by atoms with van der Waals surface area (Å²) in [4.78, 5) is 32.2. The molecule has 0 atom stereocenters. The molecule has 8 heteroatoms. The van der Waals surface area contributed by atoms with Gasteiger partial charge in [0.15, 0.2) is 0 Å². The van der Waals surface area contributed by atoms with Gasteiger partial charge in [-0.15, -0.1) is 6.58 Å². The Morgan fingerprint density at radius 2 is 2.14 bits per heavy atom. The van der Waals surface area contributed by atoms with E-state index in [4.69, 9.17) is 12.2 Å². The van der Waals surface area contributed by atoms with Crippen LogP contribution in [0.2, 0.25) is 0 Å². The first-order chi connectivity index (χ1) is 13.6. The average Bonchev–Trinajstić information content (AvgIpc) is 2.96. The fourth-order valence-electron chi connectivity index (χ4n) is 2.87. The summed E-state index contributed by atoms with van der Waals surface area (Å²) in [5, 5.41) is 3.27. The summed E-state index contributed by atoms with van der Waals surface area (Å²) in [7, 11) is 0. The van der Waals surface area contributed by atoms with E-state index in [9.17, 15) is 9.59 Å². The Hall–Kier alpha value is -2.45. The van der Waals surface area contributed by atoms with Crippen molar-refractivity contribution >= 4 is 51.7 Å². The molecule has 0 spiro atoms. The second-order valence-corrected chi connectivity index (χ2v) is 8.00. The van der Waals surface area contributed by atoms with Crippen molar-refractivity contribution in [3.05, 3.63) is 57.9 Å². The molecule has 0 saturated carbocycles. The predicted molar refractivity (Wildman–Crippen MR) is 120 cm³/mol. The Morgan fingerprint density at radius 1 is 1.32 bits per heavy atom. The minimum atomic E-state index is -0.224. The molecule has 28 heavy (non-hydrogen) atoms. The van der Waals surface area contributed by atoms with Gasteiger partial charge in [0.05, 0.1) is 10.5 Å². The summed E-state index contributed by atoms with van der Waals surface area (Å²) in [6.45, 7) is 6.85. The molecule has 0 aromatic carbocycles. The number of unbranched alkanes of at least 4 members (excludes halogenated alkanes) is 2. The highest BCUT2D eigenvalue weighted by atomic mass is 32.2. The number of thiocarbonyl (C=S) groups is 1. The van der Waals surface area contributed by atoms with Gasteiger partial charge in [0.1, 0.15) is 15.8 Å². The van der Waals surface area contributed by atoms with Crippen LogP contribution in [0.1, 0.15) is 31.7 Å². The van der Waals surface area contributed by atoms with Gasteiger partial charge in [-0.3, -0.25) is 18.9 Å². The zero-order valence-electron chi connectivity index (χ0n) is 15.7. The second kappa shape index (κ2) is 9.16. The molecule has 1 N–H and O–H groups in total. The molecule has 1 aliphatic rings. The van der Waals surface area contributed by atoms with Crippen LogP contribution >= 0.6 is 24.0 Å². The number of fused-ring (bicyclic) bond motifs is 1. The van der Waals surface area contributed by atoms with Crippen molar-refractivity contribution in [3.63, 3.8) is 0 Å². The van der Waals surface area contributed by atoms with Crippen LogP contribution in [0.5, 0.6) is 0 Å². The number of aromatic nitrogens is 2. The molecule has 1 amide bonds. The number of rotatable bonds is 8. The van der Waals surface area contributed by atoms with Gasteiger partial charge in [0, 0.05) is 19.3 Å². The van der Waals surface area contributed by atoms with Gasteiger partial charge in [-0.2, -0.15) is 0 Å². The fourth-order valence-corrected chi connectivity index (χ4v) is 4.12. The molecule has 1 saturated heterocycles. The molecule has 0 unspecified atom stereocenters. The molecule has 2 aromatic heterocycles. The van der Waals surface area contributed by atoms with E-state index in [2.05, 4.69) is 23.8 Å². The van der Waals surface area contributed by atoms with Gasteiger partial charge in [-0.1, -0.05) is 55.9 Å². The van der Waals surface area contributed by atoms with Crippen LogP contribution in [0.4, 0.5) is 5.82 Å². The Kier molecular flexibility index (Phi) is 6.64. The number of hydrogen-bond acceptors (Lipinski definition) is 6. The van der Waals surface area contributed by atoms with Crippen molar-refractivity contribution in [2.75, 3.05) is 18.4 Å². The summed E-state index contributed by atoms with van der Waals surface area (Å²) in [6, 6.07) is 5.40. The lowest BCUT2D eigenvalue weighted by atomic mass is 10.2. The maximum Gasteiger partial charge on any atom is 0.267 e. The molecule has 3 heterocycles. The van der Waals surface area contributed by atoms with Crippen LogP contribution < -0.4 is 10.9 Å². The molecule has 0 radical (unpaired) electrons. The van der Waals surface area contributed by atoms with Crippen LogP contribution in [-0.4, -0.2) is 37.6 Å². The molecular formula is C20H22N4O2S2. The number of hydrogen-bond donors (Lipinski definition) is 1. The van der Waals surface area contributed by atoms with E-state index in [-0.39, 0.29) is 11.5 Å². The van der Waals surface area contributed by atoms with Gasteiger partial charge in [0.25, 0.3) is 11.5 Å². The summed E-state index contributed by atoms with van der Waals surface area (Å²) in [5.74, 6) is 0.269. The number of nitrogens with zero attached hydrogens (tertiary/aromatic N) is 3. The fraction of sp³-hybridized carbons (Fsp3) is 0.300. The lowest BCUT2D eigenvalue weighted by Gasteiger charge is -2.11. The molecule has 1 fully saturated rings. The third-order valence-corrected chi connectivity index (χ3v) is 5.68. The first kappa shape index (κ1) is 20.3. The second-order valence-electron chi connectivity index (χ2n) is 6.32. The standard InChI is InChI=1S/C20H22N4O2S2/c1-3-5-7-10-21-17-14(18(25)23-12-8-6-9-16(23)22-17)13-15-19(26)24(11-4-2)20(27)28-15/h4,6,8-9,12-13,21H,2-3,5,7,10-11H2,1H3. The normalized spacial score (nSPS) is 15.6. The maximum atomic E-state index is 13.1. The van der Waals surface area contributed by atoms with E-state index in [1.807, 2.05) is 6.07 Å². The van der Waals surface area contributed by atoms with Crippen molar-refractivity contribution in [2.24, 2.45) is 0 Å². The van der Waals surface area contributed by atoms with Crippen molar-refractivity contribution < 1.29 is 4.79 Å². The number of carbonyl (C=O) groups excluding carboxylic acids is 1. The zero-order chi connectivity index (χ0) is 20.1. The topological polar surface area (TPSA) is 66.7 Å². The van der Waals surface area contributed by atoms with Crippen molar-refractivity contribution in [2.45, 2.75) is 26.2 Å². The first-order valence-electron chi connectivity index (χ1n) is 9.18. The van der Waals surface area contributed by atoms with Crippen molar-refractivity contribution in [1.29, 1.82) is 0 Å². The van der Waals surface area contributed by atoms with Gasteiger partial charge in [-0.05, 0) is 24.6 Å². The predicted octanol–water partition coefficient (Wildman–Crippen LogP) is 3.68. The highest BCUT2D eigenvalue weighted by molar-refractivity contribution is 8.26. The van der Waals surface area contributed by atoms with Crippen LogP contribution in [-0.2, 0) is 4.79 Å². The third kappa shape index (κ3) is 4.18. The highest BCUT2D eigenvalue weighted by Gasteiger charge is 2.31. The van der Waals surface area contributed by atoms with Crippen LogP contribution in [0.25, 0.3) is 11.7 Å². The minimum Gasteiger partial charge on any atom is -0.369 e. The van der Waals surface area contributed by atoms with Crippen molar-refractivity contribution in [1.82, 2.24) is 14.3 Å². The number of amides is 1. The Bertz CT molecular complexity index is 1010. The Morgan fingerprint density at radius 3 is 2.89 bits per heavy atom. The van der Waals surface area contributed by atoms with E-state index in [0.717, 1.165) is 19.3 Å². The van der Waals surface area contributed by atoms with E-state index in [0.29, 0.717) is 39.3 Å². The van der Waals surface area contributed by atoms with E-state index >= 15 is 0 Å². The lowest BCUT2D eigenvalue weighted by Crippen LogP contribution is -2.28. The molecule has 0 aliphatic carbocycles. The van der Waals surface area contributed by atoms with E-state index in [1.165, 1.54) is 21.1 Å². The quantitative estimate of drug-likeness (QED) is 0.308. The number of pyridine rings is 1. The first-order valence-corrected chi connectivity index (χ1v) is 10.4. The molecule has 3 rings (SSSR count). The molecule has 6 nitrogen and oxygen atoms in total. The number of carbonyl (C=O) groups is 1. The smallest absolute Gasteiger partial charge is 0.267 e. The van der Waals surface area contributed by atoms with Crippen LogP contribution in [0.3, 0.4) is 0 Å². The summed E-state index contributed by atoms with van der Waals surface area (Å²) in [5.41, 5.74) is 0.693. The van der Waals surface area contributed by atoms with Gasteiger partial charge >= 0.3 is 0 Å². The highest BCUT2D eigenvalue weighted by Crippen LogP contribution is 2.32. The van der Waals surface area contributed by atoms with Gasteiger partial charge in [0.2, 0.25) is 0 Å². The molecule has 0 bridgehead atoms. The molecule has 1 aliphatic heterocycles. The monoisotopic (exact) mass is 414 g/mol. The summed E-state index contributed by atoms with van der Waals surface area (Å²) >= 11 is 6.47. The van der Waals surface area contributed by atoms with Gasteiger partial charge < -0.3 is 5.32 Å². The molecular weight excluding hydrogens is 392 g/mol. The average molecular weight is 415 g/mol. The van der Waals surface area contributed by atoms with Crippen LogP contribution in [0, 0.1) is 0 Å². The molecule has 2 aromatic rings. The third-order valence-electron chi connectivity index (χ3n) is 4.30. The van der Waals surface area contributed by atoms with Crippen molar-refractivity contribution in [3.8, 4) is 0 Å². The summed E-state index contributed by atoms with van der Waals surface area (Å²) in [6.07, 6.45) is 8.07. The van der Waals surface area contributed by atoms with Crippen LogP contribution in [0.15, 0.2) is 46.8 Å².